The Morgan fingerprint density at radius 1 is 1.04 bits per heavy atom. The summed E-state index contributed by atoms with van der Waals surface area (Å²) in [6, 6.07) is 12.5. The predicted octanol–water partition coefficient (Wildman–Crippen LogP) is 3.22. The van der Waals surface area contributed by atoms with Gasteiger partial charge < -0.3 is 10.6 Å². The van der Waals surface area contributed by atoms with Crippen LogP contribution in [0.4, 0.5) is 15.8 Å². The van der Waals surface area contributed by atoms with E-state index in [1.165, 1.54) is 23.7 Å². The lowest BCUT2D eigenvalue weighted by Crippen LogP contribution is -2.13. The molecule has 126 valence electrons. The second-order valence-corrected chi connectivity index (χ2v) is 5.33. The Hall–Kier alpha value is -3.48. The molecule has 1 aromatic heterocycles. The molecule has 0 saturated heterocycles. The zero-order valence-electron chi connectivity index (χ0n) is 13.4. The van der Waals surface area contributed by atoms with Gasteiger partial charge >= 0.3 is 0 Å². The van der Waals surface area contributed by atoms with E-state index >= 15 is 0 Å². The highest BCUT2D eigenvalue weighted by molar-refractivity contribution is 6.05. The molecular weight excluding hydrogens is 323 g/mol. The number of halogens is 1. The first-order chi connectivity index (χ1) is 12.0. The van der Waals surface area contributed by atoms with Crippen LogP contribution in [0.3, 0.4) is 0 Å². The zero-order chi connectivity index (χ0) is 17.8. The highest BCUT2D eigenvalue weighted by Crippen LogP contribution is 2.19. The van der Waals surface area contributed by atoms with Gasteiger partial charge in [0.25, 0.3) is 5.91 Å². The molecule has 0 radical (unpaired) electrons. The molecule has 0 fully saturated rings. The molecule has 0 aliphatic heterocycles. The number of hydrogen-bond acceptors (Lipinski definition) is 3. The highest BCUT2D eigenvalue weighted by Gasteiger charge is 2.10. The number of aromatic nitrogens is 2. The average Bonchev–Trinajstić information content (AvgIpc) is 3.09. The van der Waals surface area contributed by atoms with Crippen molar-refractivity contribution in [1.29, 1.82) is 0 Å². The van der Waals surface area contributed by atoms with Crippen LogP contribution in [0, 0.1) is 5.82 Å². The summed E-state index contributed by atoms with van der Waals surface area (Å²) in [5.41, 5.74) is 1.47. The van der Waals surface area contributed by atoms with E-state index in [1.54, 1.807) is 48.8 Å². The summed E-state index contributed by atoms with van der Waals surface area (Å²) in [5.74, 6) is -1.14. The lowest BCUT2D eigenvalue weighted by atomic mass is 10.1. The maximum absolute atomic E-state index is 14.2. The molecule has 0 atom stereocenters. The van der Waals surface area contributed by atoms with Crippen molar-refractivity contribution in [1.82, 2.24) is 9.78 Å². The van der Waals surface area contributed by atoms with Gasteiger partial charge in [0.1, 0.15) is 5.69 Å². The minimum atomic E-state index is -0.506. The standard InChI is InChI=1S/C18H15FN4O2/c1-12(24)21-14-5-2-4-13(10-14)18(25)22-15-6-7-17(16(19)11-15)23-9-3-8-20-23/h2-11H,1H3,(H,21,24)(H,22,25). The van der Waals surface area contributed by atoms with E-state index in [1.807, 2.05) is 0 Å². The van der Waals surface area contributed by atoms with Crippen LogP contribution >= 0.6 is 0 Å². The lowest BCUT2D eigenvalue weighted by molar-refractivity contribution is -0.114. The van der Waals surface area contributed by atoms with Crippen molar-refractivity contribution in [3.63, 3.8) is 0 Å². The fourth-order valence-electron chi connectivity index (χ4n) is 2.33. The molecule has 0 unspecified atom stereocenters. The third-order valence-electron chi connectivity index (χ3n) is 3.40. The molecule has 1 heterocycles. The minimum absolute atomic E-state index is 0.228. The molecular formula is C18H15FN4O2. The van der Waals surface area contributed by atoms with E-state index < -0.39 is 11.7 Å². The number of rotatable bonds is 4. The van der Waals surface area contributed by atoms with Crippen LogP contribution in [0.1, 0.15) is 17.3 Å². The van der Waals surface area contributed by atoms with Gasteiger partial charge in [0.2, 0.25) is 5.91 Å². The smallest absolute Gasteiger partial charge is 0.255 e. The number of anilines is 2. The van der Waals surface area contributed by atoms with Gasteiger partial charge in [0.15, 0.2) is 5.82 Å². The predicted molar refractivity (Wildman–Crippen MR) is 92.2 cm³/mol. The molecule has 2 N–H and O–H groups in total. The molecule has 6 nitrogen and oxygen atoms in total. The summed E-state index contributed by atoms with van der Waals surface area (Å²) >= 11 is 0. The third-order valence-corrected chi connectivity index (χ3v) is 3.40. The second kappa shape index (κ2) is 6.96. The average molecular weight is 338 g/mol. The first kappa shape index (κ1) is 16.4. The summed E-state index contributed by atoms with van der Waals surface area (Å²) < 4.78 is 15.6. The van der Waals surface area contributed by atoms with Crippen molar-refractivity contribution in [2.75, 3.05) is 10.6 Å². The molecule has 0 bridgehead atoms. The van der Waals surface area contributed by atoms with E-state index in [0.29, 0.717) is 16.9 Å². The highest BCUT2D eigenvalue weighted by atomic mass is 19.1. The normalized spacial score (nSPS) is 10.3. The van der Waals surface area contributed by atoms with E-state index in [9.17, 15) is 14.0 Å². The molecule has 3 aromatic rings. The number of hydrogen-bond donors (Lipinski definition) is 2. The van der Waals surface area contributed by atoms with E-state index in [0.717, 1.165) is 0 Å². The van der Waals surface area contributed by atoms with Crippen LogP contribution in [0.25, 0.3) is 5.69 Å². The second-order valence-electron chi connectivity index (χ2n) is 5.33. The molecule has 0 aliphatic rings. The maximum atomic E-state index is 14.2. The van der Waals surface area contributed by atoms with Crippen molar-refractivity contribution in [2.45, 2.75) is 6.92 Å². The molecule has 7 heteroatoms. The minimum Gasteiger partial charge on any atom is -0.326 e. The Balaban J connectivity index is 1.77. The summed E-state index contributed by atoms with van der Waals surface area (Å²) in [5, 5.41) is 9.21. The summed E-state index contributed by atoms with van der Waals surface area (Å²) in [6.07, 6.45) is 3.18. The van der Waals surface area contributed by atoms with Gasteiger partial charge in [-0.1, -0.05) is 6.07 Å². The van der Waals surface area contributed by atoms with Gasteiger partial charge in [-0.3, -0.25) is 9.59 Å². The first-order valence-corrected chi connectivity index (χ1v) is 7.51. The zero-order valence-corrected chi connectivity index (χ0v) is 13.4. The maximum Gasteiger partial charge on any atom is 0.255 e. The summed E-state index contributed by atoms with van der Waals surface area (Å²) in [4.78, 5) is 23.4. The number of carbonyl (C=O) groups is 2. The number of nitrogens with zero attached hydrogens (tertiary/aromatic N) is 2. The number of nitrogens with one attached hydrogen (secondary N) is 2. The third kappa shape index (κ3) is 3.89. The van der Waals surface area contributed by atoms with Crippen LogP contribution in [-0.2, 0) is 4.79 Å². The van der Waals surface area contributed by atoms with E-state index in [-0.39, 0.29) is 11.6 Å². The van der Waals surface area contributed by atoms with Crippen LogP contribution in [0.5, 0.6) is 0 Å². The van der Waals surface area contributed by atoms with Gasteiger partial charge in [-0.25, -0.2) is 9.07 Å². The summed E-state index contributed by atoms with van der Waals surface area (Å²) in [7, 11) is 0. The van der Waals surface area contributed by atoms with Gasteiger partial charge in [-0.15, -0.1) is 0 Å². The Morgan fingerprint density at radius 3 is 2.52 bits per heavy atom. The summed E-state index contributed by atoms with van der Waals surface area (Å²) in [6.45, 7) is 1.39. The first-order valence-electron chi connectivity index (χ1n) is 7.51. The molecule has 0 aliphatic carbocycles. The molecule has 25 heavy (non-hydrogen) atoms. The van der Waals surface area contributed by atoms with Crippen molar-refractivity contribution in [2.24, 2.45) is 0 Å². The Kier molecular flexibility index (Phi) is 4.56. The van der Waals surface area contributed by atoms with Crippen LogP contribution in [0.2, 0.25) is 0 Å². The Bertz CT molecular complexity index is 923. The molecule has 0 saturated carbocycles. The number of amides is 2. The van der Waals surface area contributed by atoms with Gasteiger partial charge in [0, 0.05) is 36.3 Å². The Morgan fingerprint density at radius 2 is 1.84 bits per heavy atom. The van der Waals surface area contributed by atoms with Crippen molar-refractivity contribution < 1.29 is 14.0 Å². The lowest BCUT2D eigenvalue weighted by Gasteiger charge is -2.09. The topological polar surface area (TPSA) is 76.0 Å². The fourth-order valence-corrected chi connectivity index (χ4v) is 2.33. The van der Waals surface area contributed by atoms with Crippen LogP contribution in [0.15, 0.2) is 60.9 Å². The number of carbonyl (C=O) groups excluding carboxylic acids is 2. The fraction of sp³-hybridized carbons (Fsp3) is 0.0556. The number of benzene rings is 2. The SMILES string of the molecule is CC(=O)Nc1cccc(C(=O)Nc2ccc(-n3cccn3)c(F)c2)c1. The van der Waals surface area contributed by atoms with E-state index in [4.69, 9.17) is 0 Å². The van der Waals surface area contributed by atoms with Crippen molar-refractivity contribution in [3.05, 3.63) is 72.3 Å². The van der Waals surface area contributed by atoms with Crippen molar-refractivity contribution in [3.8, 4) is 5.69 Å². The van der Waals surface area contributed by atoms with Gasteiger partial charge in [-0.05, 0) is 42.5 Å². The van der Waals surface area contributed by atoms with Crippen molar-refractivity contribution >= 4 is 23.2 Å². The Labute approximate surface area is 143 Å². The quantitative estimate of drug-likeness (QED) is 0.767. The monoisotopic (exact) mass is 338 g/mol. The molecule has 0 spiro atoms. The van der Waals surface area contributed by atoms with E-state index in [2.05, 4.69) is 15.7 Å². The molecule has 3 rings (SSSR count). The van der Waals surface area contributed by atoms with Gasteiger partial charge in [-0.2, -0.15) is 5.10 Å². The van der Waals surface area contributed by atoms with Gasteiger partial charge in [0.05, 0.1) is 0 Å². The molecule has 2 amide bonds. The molecule has 2 aromatic carbocycles. The largest absolute Gasteiger partial charge is 0.326 e. The van der Waals surface area contributed by atoms with Crippen LogP contribution in [-0.4, -0.2) is 21.6 Å². The van der Waals surface area contributed by atoms with Crippen LogP contribution < -0.4 is 10.6 Å².